The van der Waals surface area contributed by atoms with Gasteiger partial charge in [0.05, 0.1) is 16.7 Å². The first kappa shape index (κ1) is 40.7. The highest BCUT2D eigenvalue weighted by atomic mass is 15.2. The number of para-hydroxylation sites is 3. The van der Waals surface area contributed by atoms with Crippen molar-refractivity contribution < 1.29 is 0 Å². The lowest BCUT2D eigenvalue weighted by Crippen LogP contribution is -2.61. The van der Waals surface area contributed by atoms with Crippen LogP contribution in [0, 0.1) is 27.7 Å². The number of hydrogen-bond donors (Lipinski definition) is 0. The lowest BCUT2D eigenvalue weighted by atomic mass is 9.33. The minimum absolute atomic E-state index is 0.0356. The van der Waals surface area contributed by atoms with Gasteiger partial charge in [-0.1, -0.05) is 150 Å². The van der Waals surface area contributed by atoms with E-state index >= 15 is 0 Å². The first-order chi connectivity index (χ1) is 33.9. The molecule has 0 fully saturated rings. The lowest BCUT2D eigenvalue weighted by molar-refractivity contribution is 1.16. The van der Waals surface area contributed by atoms with Crippen LogP contribution in [0.15, 0.2) is 224 Å². The van der Waals surface area contributed by atoms with Gasteiger partial charge in [0.25, 0.3) is 6.71 Å². The Labute approximate surface area is 404 Å². The van der Waals surface area contributed by atoms with Crippen LogP contribution in [-0.2, 0) is 0 Å². The molecule has 0 saturated carbocycles. The van der Waals surface area contributed by atoms with Crippen LogP contribution in [0.2, 0.25) is 0 Å². The molecule has 328 valence electrons. The van der Waals surface area contributed by atoms with E-state index in [9.17, 15) is 0 Å². The van der Waals surface area contributed by atoms with Crippen LogP contribution in [0.25, 0.3) is 38.6 Å². The number of hydrogen-bond acceptors (Lipinski definition) is 3. The van der Waals surface area contributed by atoms with Crippen molar-refractivity contribution in [2.45, 2.75) is 27.7 Å². The fraction of sp³-hybridized carbons (Fsp3) is 0.0625. The first-order valence-corrected chi connectivity index (χ1v) is 24.0. The molecule has 3 heterocycles. The van der Waals surface area contributed by atoms with E-state index in [1.54, 1.807) is 0 Å². The Bertz CT molecular complexity index is 3660. The topological polar surface area (TPSA) is 14.7 Å². The van der Waals surface area contributed by atoms with E-state index in [1.807, 2.05) is 0 Å². The molecular weight excluding hydrogens is 836 g/mol. The Morgan fingerprint density at radius 2 is 0.768 bits per heavy atom. The standard InChI is InChI=1S/C64H49BN4/c1-42-18-28-49(29-19-42)66(50-30-20-43(2)21-31-50)51-34-25-46(26-35-51)47-27-37-61-57(39-47)65-56-38-45(4)24-36-60(56)68(52-32-22-44(3)23-33-52)63-41-53(40-62(64(63)65)67(61)48-12-6-5-7-13-48)69-58-16-10-8-14-54(58)55-15-9-11-17-59(55)69/h5-41H,1-4H3. The molecule has 5 heteroatoms. The van der Waals surface area contributed by atoms with Gasteiger partial charge in [-0.2, -0.15) is 0 Å². The minimum atomic E-state index is -0.0356. The fourth-order valence-electron chi connectivity index (χ4n) is 11.1. The zero-order valence-electron chi connectivity index (χ0n) is 39.2. The zero-order valence-corrected chi connectivity index (χ0v) is 39.2. The Kier molecular flexibility index (Phi) is 9.48. The summed E-state index contributed by atoms with van der Waals surface area (Å²) < 4.78 is 2.47. The summed E-state index contributed by atoms with van der Waals surface area (Å²) in [7, 11) is 0. The van der Waals surface area contributed by atoms with Crippen LogP contribution in [-0.4, -0.2) is 11.3 Å². The average molecular weight is 885 g/mol. The number of fused-ring (bicyclic) bond motifs is 7. The summed E-state index contributed by atoms with van der Waals surface area (Å²) in [6.45, 7) is 8.65. The molecule has 0 amide bonds. The molecule has 0 bridgehead atoms. The smallest absolute Gasteiger partial charge is 0.252 e. The van der Waals surface area contributed by atoms with Crippen molar-refractivity contribution in [2.24, 2.45) is 0 Å². The summed E-state index contributed by atoms with van der Waals surface area (Å²) in [6, 6.07) is 83.5. The Morgan fingerprint density at radius 1 is 0.333 bits per heavy atom. The highest BCUT2D eigenvalue weighted by Crippen LogP contribution is 2.47. The molecule has 0 N–H and O–H groups in total. The van der Waals surface area contributed by atoms with E-state index in [0.29, 0.717) is 0 Å². The van der Waals surface area contributed by atoms with Crippen LogP contribution >= 0.6 is 0 Å². The summed E-state index contributed by atoms with van der Waals surface area (Å²) in [6.07, 6.45) is 0. The van der Waals surface area contributed by atoms with Crippen molar-refractivity contribution >= 4 is 96.1 Å². The van der Waals surface area contributed by atoms with Gasteiger partial charge in [-0.3, -0.25) is 0 Å². The maximum Gasteiger partial charge on any atom is 0.252 e. The number of benzene rings is 10. The van der Waals surface area contributed by atoms with Gasteiger partial charge >= 0.3 is 0 Å². The molecule has 0 spiro atoms. The van der Waals surface area contributed by atoms with Gasteiger partial charge in [-0.25, -0.2) is 0 Å². The molecule has 13 rings (SSSR count). The fourth-order valence-corrected chi connectivity index (χ4v) is 11.1. The Hall–Kier alpha value is -8.54. The predicted molar refractivity (Wildman–Crippen MR) is 294 cm³/mol. The minimum Gasteiger partial charge on any atom is -0.311 e. The molecule has 0 radical (unpaired) electrons. The molecule has 0 saturated heterocycles. The molecule has 0 unspecified atom stereocenters. The van der Waals surface area contributed by atoms with Gasteiger partial charge in [-0.05, 0) is 152 Å². The molecule has 11 aromatic rings. The Morgan fingerprint density at radius 3 is 1.33 bits per heavy atom. The van der Waals surface area contributed by atoms with E-state index in [2.05, 4.69) is 271 Å². The number of nitrogens with zero attached hydrogens (tertiary/aromatic N) is 4. The zero-order chi connectivity index (χ0) is 46.3. The lowest BCUT2D eigenvalue weighted by Gasteiger charge is -2.44. The monoisotopic (exact) mass is 884 g/mol. The third-order valence-electron chi connectivity index (χ3n) is 14.4. The second kappa shape index (κ2) is 16.1. The number of aryl methyl sites for hydroxylation is 4. The maximum absolute atomic E-state index is 2.52. The van der Waals surface area contributed by atoms with E-state index < -0.39 is 0 Å². The van der Waals surface area contributed by atoms with Crippen molar-refractivity contribution in [3.63, 3.8) is 0 Å². The second-order valence-corrected chi connectivity index (χ2v) is 18.9. The molecule has 1 aromatic heterocycles. The van der Waals surface area contributed by atoms with Crippen LogP contribution in [0.4, 0.5) is 51.2 Å². The molecular formula is C64H49BN4. The third kappa shape index (κ3) is 6.68. The van der Waals surface area contributed by atoms with Crippen LogP contribution in [0.1, 0.15) is 22.3 Å². The normalized spacial score (nSPS) is 12.6. The SMILES string of the molecule is Cc1ccc(N(c2ccc(C)cc2)c2ccc(-c3ccc4c(c3)B3c5cc(C)ccc5N(c5ccc(C)cc5)c5cc(-n6c7ccccc7c7ccccc76)cc(c53)N4c3ccccc3)cc2)cc1. The van der Waals surface area contributed by atoms with Crippen molar-refractivity contribution in [3.8, 4) is 16.8 Å². The van der Waals surface area contributed by atoms with E-state index in [-0.39, 0.29) is 6.71 Å². The quantitative estimate of drug-likeness (QED) is 0.148. The predicted octanol–water partition coefficient (Wildman–Crippen LogP) is 15.2. The summed E-state index contributed by atoms with van der Waals surface area (Å²) in [5.41, 5.74) is 25.1. The highest BCUT2D eigenvalue weighted by molar-refractivity contribution is 7.00. The van der Waals surface area contributed by atoms with Gasteiger partial charge in [0.1, 0.15) is 0 Å². The van der Waals surface area contributed by atoms with Crippen LogP contribution < -0.4 is 31.1 Å². The number of anilines is 9. The largest absolute Gasteiger partial charge is 0.311 e. The highest BCUT2D eigenvalue weighted by Gasteiger charge is 2.44. The van der Waals surface area contributed by atoms with Crippen molar-refractivity contribution in [3.05, 3.63) is 247 Å². The molecule has 0 aliphatic carbocycles. The maximum atomic E-state index is 2.52. The first-order valence-electron chi connectivity index (χ1n) is 24.0. The molecule has 2 aliphatic heterocycles. The van der Waals surface area contributed by atoms with Gasteiger partial charge < -0.3 is 19.3 Å². The summed E-state index contributed by atoms with van der Waals surface area (Å²) >= 11 is 0. The van der Waals surface area contributed by atoms with Crippen LogP contribution in [0.5, 0.6) is 0 Å². The molecule has 69 heavy (non-hydrogen) atoms. The summed E-state index contributed by atoms with van der Waals surface area (Å²) in [5, 5.41) is 2.50. The summed E-state index contributed by atoms with van der Waals surface area (Å²) in [4.78, 5) is 7.38. The molecule has 0 atom stereocenters. The van der Waals surface area contributed by atoms with Crippen molar-refractivity contribution in [1.29, 1.82) is 0 Å². The number of rotatable bonds is 7. The van der Waals surface area contributed by atoms with Crippen molar-refractivity contribution in [2.75, 3.05) is 14.7 Å². The Balaban J connectivity index is 1.04. The van der Waals surface area contributed by atoms with Crippen LogP contribution in [0.3, 0.4) is 0 Å². The van der Waals surface area contributed by atoms with E-state index in [1.165, 1.54) is 94.3 Å². The van der Waals surface area contributed by atoms with Gasteiger partial charge in [0.15, 0.2) is 0 Å². The average Bonchev–Trinajstić information content (AvgIpc) is 3.72. The third-order valence-corrected chi connectivity index (χ3v) is 14.4. The molecule has 4 nitrogen and oxygen atoms in total. The van der Waals surface area contributed by atoms with E-state index in [4.69, 9.17) is 0 Å². The van der Waals surface area contributed by atoms with Gasteiger partial charge in [0, 0.05) is 62.0 Å². The summed E-state index contributed by atoms with van der Waals surface area (Å²) in [5.74, 6) is 0. The van der Waals surface area contributed by atoms with Gasteiger partial charge in [-0.15, -0.1) is 0 Å². The van der Waals surface area contributed by atoms with Gasteiger partial charge in [0.2, 0.25) is 0 Å². The van der Waals surface area contributed by atoms with E-state index in [0.717, 1.165) is 34.1 Å². The van der Waals surface area contributed by atoms with Crippen molar-refractivity contribution in [1.82, 2.24) is 4.57 Å². The molecule has 10 aromatic carbocycles. The second-order valence-electron chi connectivity index (χ2n) is 18.9. The number of aromatic nitrogens is 1. The molecule has 2 aliphatic rings.